The highest BCUT2D eigenvalue weighted by molar-refractivity contribution is 5.83. The van der Waals surface area contributed by atoms with E-state index in [1.54, 1.807) is 18.2 Å². The van der Waals surface area contributed by atoms with Crippen molar-refractivity contribution in [1.82, 2.24) is 0 Å². The molecule has 0 N–H and O–H groups in total. The van der Waals surface area contributed by atoms with E-state index < -0.39 is 6.17 Å². The van der Waals surface area contributed by atoms with Gasteiger partial charge in [-0.25, -0.2) is 4.39 Å². The Morgan fingerprint density at radius 3 is 2.33 bits per heavy atom. The first-order valence-electron chi connectivity index (χ1n) is 8.06. The van der Waals surface area contributed by atoms with E-state index in [2.05, 4.69) is 19.1 Å². The van der Waals surface area contributed by atoms with Gasteiger partial charge in [0, 0.05) is 0 Å². The molecule has 0 saturated carbocycles. The molecule has 0 amide bonds. The zero-order valence-corrected chi connectivity index (χ0v) is 13.5. The van der Waals surface area contributed by atoms with Crippen LogP contribution in [0.5, 0.6) is 0 Å². The standard InChI is InChI=1S/C22H18FN/c1-2-3-16-4-10-19(11-5-16)21-13-12-20(14-22(21)23)18-8-6-17(15-24)7-9-18/h3-14,22H,2H2,1H3. The molecule has 24 heavy (non-hydrogen) atoms. The summed E-state index contributed by atoms with van der Waals surface area (Å²) >= 11 is 0. The van der Waals surface area contributed by atoms with Gasteiger partial charge in [-0.05, 0) is 51.8 Å². The Kier molecular flexibility index (Phi) is 4.72. The summed E-state index contributed by atoms with van der Waals surface area (Å²) in [6, 6.07) is 17.3. The van der Waals surface area contributed by atoms with Crippen molar-refractivity contribution in [3.05, 3.63) is 88.3 Å². The second-order valence-electron chi connectivity index (χ2n) is 5.74. The van der Waals surface area contributed by atoms with Gasteiger partial charge in [-0.1, -0.05) is 61.5 Å². The highest BCUT2D eigenvalue weighted by atomic mass is 19.1. The number of allylic oxidation sites excluding steroid dienone is 4. The van der Waals surface area contributed by atoms with Crippen molar-refractivity contribution in [1.29, 1.82) is 5.26 Å². The van der Waals surface area contributed by atoms with Crippen molar-refractivity contribution >= 4 is 17.2 Å². The van der Waals surface area contributed by atoms with Crippen molar-refractivity contribution in [2.45, 2.75) is 19.5 Å². The van der Waals surface area contributed by atoms with Crippen LogP contribution in [0.2, 0.25) is 0 Å². The molecule has 0 aliphatic heterocycles. The van der Waals surface area contributed by atoms with Crippen LogP contribution in [0, 0.1) is 11.3 Å². The molecule has 0 radical (unpaired) electrons. The van der Waals surface area contributed by atoms with Gasteiger partial charge in [0.25, 0.3) is 0 Å². The second-order valence-corrected chi connectivity index (χ2v) is 5.74. The normalized spacial score (nSPS) is 16.5. The number of alkyl halides is 1. The number of rotatable bonds is 2. The lowest BCUT2D eigenvalue weighted by Crippen LogP contribution is -2.16. The average molecular weight is 315 g/mol. The average Bonchev–Trinajstić information content (AvgIpc) is 2.63. The SMILES string of the molecule is CCC=c1ccc(=C2C=CC(c3ccc(C#N)cc3)=CC2F)cc1. The summed E-state index contributed by atoms with van der Waals surface area (Å²) in [6.45, 7) is 2.10. The third kappa shape index (κ3) is 3.36. The molecule has 1 unspecified atom stereocenters. The maximum absolute atomic E-state index is 14.6. The Labute approximate surface area is 141 Å². The predicted molar refractivity (Wildman–Crippen MR) is 97.0 cm³/mol. The number of hydrogen-bond acceptors (Lipinski definition) is 1. The zero-order chi connectivity index (χ0) is 16.9. The van der Waals surface area contributed by atoms with Gasteiger partial charge in [-0.15, -0.1) is 0 Å². The van der Waals surface area contributed by atoms with E-state index in [1.165, 1.54) is 0 Å². The molecule has 1 aliphatic carbocycles. The molecule has 1 aliphatic rings. The maximum Gasteiger partial charge on any atom is 0.145 e. The second kappa shape index (κ2) is 7.10. The molecule has 2 aromatic carbocycles. The summed E-state index contributed by atoms with van der Waals surface area (Å²) in [5.74, 6) is 0. The van der Waals surface area contributed by atoms with E-state index in [0.717, 1.165) is 28.0 Å². The van der Waals surface area contributed by atoms with Gasteiger partial charge in [-0.2, -0.15) is 5.26 Å². The van der Waals surface area contributed by atoms with Gasteiger partial charge in [0.15, 0.2) is 0 Å². The number of halogens is 1. The van der Waals surface area contributed by atoms with E-state index in [-0.39, 0.29) is 0 Å². The van der Waals surface area contributed by atoms with Crippen LogP contribution in [0.25, 0.3) is 17.2 Å². The molecular formula is C22H18FN. The Morgan fingerprint density at radius 2 is 1.75 bits per heavy atom. The molecule has 1 nitrogen and oxygen atoms in total. The molecule has 1 atom stereocenters. The Bertz CT molecular complexity index is 933. The molecule has 0 spiro atoms. The van der Waals surface area contributed by atoms with E-state index in [4.69, 9.17) is 5.26 Å². The minimum Gasteiger partial charge on any atom is -0.238 e. The summed E-state index contributed by atoms with van der Waals surface area (Å²) in [7, 11) is 0. The third-order valence-corrected chi connectivity index (χ3v) is 4.10. The number of benzene rings is 2. The van der Waals surface area contributed by atoms with Crippen LogP contribution in [0.1, 0.15) is 24.5 Å². The number of nitrogens with zero attached hydrogens (tertiary/aromatic N) is 1. The van der Waals surface area contributed by atoms with Crippen molar-refractivity contribution in [3.63, 3.8) is 0 Å². The molecule has 0 heterocycles. The van der Waals surface area contributed by atoms with Crippen molar-refractivity contribution < 1.29 is 4.39 Å². The van der Waals surface area contributed by atoms with E-state index >= 15 is 0 Å². The van der Waals surface area contributed by atoms with Gasteiger partial charge < -0.3 is 0 Å². The van der Waals surface area contributed by atoms with E-state index in [0.29, 0.717) is 11.1 Å². The van der Waals surface area contributed by atoms with Crippen LogP contribution in [-0.2, 0) is 0 Å². The molecule has 0 bridgehead atoms. The summed E-state index contributed by atoms with van der Waals surface area (Å²) < 4.78 is 14.6. The van der Waals surface area contributed by atoms with Crippen LogP contribution in [0.4, 0.5) is 4.39 Å². The van der Waals surface area contributed by atoms with Crippen LogP contribution in [0.3, 0.4) is 0 Å². The van der Waals surface area contributed by atoms with Gasteiger partial charge in [0.1, 0.15) is 6.17 Å². The van der Waals surface area contributed by atoms with Crippen LogP contribution in [0.15, 0.2) is 66.8 Å². The topological polar surface area (TPSA) is 23.8 Å². The first kappa shape index (κ1) is 16.0. The number of nitriles is 1. The minimum atomic E-state index is -1.14. The zero-order valence-electron chi connectivity index (χ0n) is 13.5. The van der Waals surface area contributed by atoms with Crippen molar-refractivity contribution in [2.24, 2.45) is 0 Å². The first-order valence-corrected chi connectivity index (χ1v) is 8.06. The van der Waals surface area contributed by atoms with Crippen molar-refractivity contribution in [3.8, 4) is 6.07 Å². The lowest BCUT2D eigenvalue weighted by molar-refractivity contribution is 0.480. The molecule has 3 rings (SSSR count). The smallest absolute Gasteiger partial charge is 0.145 e. The fraction of sp³-hybridized carbons (Fsp3) is 0.136. The fourth-order valence-corrected chi connectivity index (χ4v) is 2.81. The third-order valence-electron chi connectivity index (χ3n) is 4.10. The fourth-order valence-electron chi connectivity index (χ4n) is 2.81. The maximum atomic E-state index is 14.6. The van der Waals surface area contributed by atoms with Gasteiger partial charge in [-0.3, -0.25) is 0 Å². The molecule has 0 aromatic heterocycles. The number of hydrogen-bond donors (Lipinski definition) is 0. The molecule has 2 heteroatoms. The first-order chi connectivity index (χ1) is 11.7. The highest BCUT2D eigenvalue weighted by Gasteiger charge is 2.14. The molecule has 0 fully saturated rings. The van der Waals surface area contributed by atoms with Crippen molar-refractivity contribution in [2.75, 3.05) is 0 Å². The monoisotopic (exact) mass is 315 g/mol. The summed E-state index contributed by atoms with van der Waals surface area (Å²) in [4.78, 5) is 0. The Morgan fingerprint density at radius 1 is 1.04 bits per heavy atom. The van der Waals surface area contributed by atoms with Crippen LogP contribution >= 0.6 is 0 Å². The lowest BCUT2D eigenvalue weighted by atomic mass is 9.94. The summed E-state index contributed by atoms with van der Waals surface area (Å²) in [5, 5.41) is 10.9. The van der Waals surface area contributed by atoms with Crippen LogP contribution in [-0.4, -0.2) is 6.17 Å². The predicted octanol–water partition coefficient (Wildman–Crippen LogP) is 3.89. The molecule has 2 aromatic rings. The summed E-state index contributed by atoms with van der Waals surface area (Å²) in [5.41, 5.74) is 3.04. The molecule has 0 saturated heterocycles. The Balaban J connectivity index is 1.93. The molecular weight excluding hydrogens is 297 g/mol. The van der Waals surface area contributed by atoms with Crippen LogP contribution < -0.4 is 10.4 Å². The highest BCUT2D eigenvalue weighted by Crippen LogP contribution is 2.26. The molecule has 118 valence electrons. The summed E-state index contributed by atoms with van der Waals surface area (Å²) in [6.07, 6.45) is 7.39. The lowest BCUT2D eigenvalue weighted by Gasteiger charge is -2.14. The Hall–Kier alpha value is -2.92. The van der Waals surface area contributed by atoms with Gasteiger partial charge in [0.05, 0.1) is 11.6 Å². The quantitative estimate of drug-likeness (QED) is 0.825. The van der Waals surface area contributed by atoms with Gasteiger partial charge in [0.2, 0.25) is 0 Å². The largest absolute Gasteiger partial charge is 0.238 e. The van der Waals surface area contributed by atoms with E-state index in [9.17, 15) is 4.39 Å². The van der Waals surface area contributed by atoms with E-state index in [1.807, 2.05) is 48.6 Å². The minimum absolute atomic E-state index is 0.604. The van der Waals surface area contributed by atoms with Gasteiger partial charge >= 0.3 is 0 Å².